The third-order valence-electron chi connectivity index (χ3n) is 6.23. The summed E-state index contributed by atoms with van der Waals surface area (Å²) in [6.45, 7) is 4.00. The molecule has 1 amide bonds. The maximum absolute atomic E-state index is 12.4. The number of hydrogen-bond donors (Lipinski definition) is 2. The van der Waals surface area contributed by atoms with Gasteiger partial charge in [-0.2, -0.15) is 0 Å². The van der Waals surface area contributed by atoms with E-state index in [9.17, 15) is 10.0 Å². The minimum atomic E-state index is -0.562. The fraction of sp³-hybridized carbons (Fsp3) is 0.269. The smallest absolute Gasteiger partial charge is 0.255 e. The van der Waals surface area contributed by atoms with E-state index in [1.807, 2.05) is 54.6 Å². The molecule has 4 nitrogen and oxygen atoms in total. The summed E-state index contributed by atoms with van der Waals surface area (Å²) in [5.74, 6) is 0.0736. The normalized spacial score (nSPS) is 18.1. The summed E-state index contributed by atoms with van der Waals surface area (Å²) in [7, 11) is 0. The number of anilines is 1. The van der Waals surface area contributed by atoms with Crippen LogP contribution in [0.5, 0.6) is 0 Å². The molecule has 0 bridgehead atoms. The maximum Gasteiger partial charge on any atom is 0.255 e. The van der Waals surface area contributed by atoms with Crippen LogP contribution in [0.3, 0.4) is 0 Å². The molecule has 0 radical (unpaired) electrons. The second-order valence-corrected chi connectivity index (χ2v) is 9.04. The molecule has 0 aliphatic heterocycles. The second kappa shape index (κ2) is 9.95. The van der Waals surface area contributed by atoms with Crippen molar-refractivity contribution in [2.75, 3.05) is 18.0 Å². The van der Waals surface area contributed by atoms with Crippen LogP contribution in [0, 0.1) is 5.92 Å². The van der Waals surface area contributed by atoms with Gasteiger partial charge in [0.15, 0.2) is 0 Å². The van der Waals surface area contributed by atoms with Crippen molar-refractivity contribution in [3.63, 3.8) is 0 Å². The van der Waals surface area contributed by atoms with E-state index >= 15 is 0 Å². The number of amides is 1. The highest BCUT2D eigenvalue weighted by molar-refractivity contribution is 6.42. The highest BCUT2D eigenvalue weighted by atomic mass is 35.5. The quantitative estimate of drug-likeness (QED) is 0.302. The van der Waals surface area contributed by atoms with E-state index in [0.717, 1.165) is 36.3 Å². The molecule has 1 aliphatic carbocycles. The van der Waals surface area contributed by atoms with Gasteiger partial charge in [-0.05, 0) is 66.1 Å². The van der Waals surface area contributed by atoms with Crippen molar-refractivity contribution < 1.29 is 10.0 Å². The molecule has 3 aromatic rings. The van der Waals surface area contributed by atoms with Gasteiger partial charge >= 0.3 is 0 Å². The molecular formula is C26H26Cl2N2O2. The molecule has 0 aromatic heterocycles. The Bertz CT molecular complexity index is 1070. The molecule has 0 spiro atoms. The van der Waals surface area contributed by atoms with E-state index in [-0.39, 0.29) is 0 Å². The number of benzene rings is 3. The fourth-order valence-corrected chi connectivity index (χ4v) is 4.69. The minimum Gasteiger partial charge on any atom is -0.372 e. The van der Waals surface area contributed by atoms with Gasteiger partial charge < -0.3 is 4.90 Å². The first kappa shape index (κ1) is 22.7. The number of rotatable bonds is 8. The molecule has 1 saturated carbocycles. The predicted octanol–water partition coefficient (Wildman–Crippen LogP) is 6.26. The Kier molecular flexibility index (Phi) is 7.04. The molecule has 166 valence electrons. The van der Waals surface area contributed by atoms with Gasteiger partial charge in [0.25, 0.3) is 5.91 Å². The highest BCUT2D eigenvalue weighted by Gasteiger charge is 2.39. The zero-order valence-corrected chi connectivity index (χ0v) is 19.4. The standard InChI is InChI=1S/C26H26Cl2N2O2/c1-2-30(16-20-14-22(20)19-10-13-23(27)24(28)15-19)21-11-8-18(9-12-21)25(26(31)29-32)17-6-4-3-5-7-17/h3-13,15,20,22,25,32H,2,14,16H2,1H3,(H,29,31)/t20-,22-,25?/m0/s1. The van der Waals surface area contributed by atoms with E-state index < -0.39 is 11.8 Å². The zero-order valence-electron chi connectivity index (χ0n) is 17.8. The summed E-state index contributed by atoms with van der Waals surface area (Å²) in [6, 6.07) is 23.4. The van der Waals surface area contributed by atoms with Crippen LogP contribution >= 0.6 is 23.2 Å². The second-order valence-electron chi connectivity index (χ2n) is 8.23. The van der Waals surface area contributed by atoms with Crippen LogP contribution in [-0.2, 0) is 4.79 Å². The van der Waals surface area contributed by atoms with Gasteiger partial charge in [-0.3, -0.25) is 10.0 Å². The van der Waals surface area contributed by atoms with Crippen molar-refractivity contribution >= 4 is 34.8 Å². The zero-order chi connectivity index (χ0) is 22.7. The molecule has 1 unspecified atom stereocenters. The van der Waals surface area contributed by atoms with Crippen molar-refractivity contribution in [1.82, 2.24) is 5.48 Å². The molecule has 32 heavy (non-hydrogen) atoms. The Hall–Kier alpha value is -2.53. The van der Waals surface area contributed by atoms with Gasteiger partial charge in [0, 0.05) is 18.8 Å². The van der Waals surface area contributed by atoms with E-state index in [2.05, 4.69) is 30.0 Å². The number of nitrogens with one attached hydrogen (secondary N) is 1. The first-order valence-electron chi connectivity index (χ1n) is 10.8. The molecule has 3 atom stereocenters. The lowest BCUT2D eigenvalue weighted by Gasteiger charge is -2.24. The number of carbonyl (C=O) groups is 1. The van der Waals surface area contributed by atoms with Crippen molar-refractivity contribution in [3.05, 3.63) is 99.5 Å². The first-order valence-corrected chi connectivity index (χ1v) is 11.6. The lowest BCUT2D eigenvalue weighted by molar-refractivity contribution is -0.129. The molecule has 1 aliphatic rings. The number of nitrogens with zero attached hydrogens (tertiary/aromatic N) is 1. The summed E-state index contributed by atoms with van der Waals surface area (Å²) >= 11 is 12.2. The maximum atomic E-state index is 12.4. The summed E-state index contributed by atoms with van der Waals surface area (Å²) < 4.78 is 0. The minimum absolute atomic E-state index is 0.446. The molecule has 0 saturated heterocycles. The van der Waals surface area contributed by atoms with E-state index in [1.54, 1.807) is 5.48 Å². The number of halogens is 2. The van der Waals surface area contributed by atoms with E-state index in [0.29, 0.717) is 21.9 Å². The fourth-order valence-electron chi connectivity index (χ4n) is 4.38. The van der Waals surface area contributed by atoms with Crippen molar-refractivity contribution in [2.24, 2.45) is 5.92 Å². The number of carbonyl (C=O) groups excluding carboxylic acids is 1. The van der Waals surface area contributed by atoms with Gasteiger partial charge in [-0.15, -0.1) is 0 Å². The lowest BCUT2D eigenvalue weighted by atomic mass is 9.90. The van der Waals surface area contributed by atoms with Crippen molar-refractivity contribution in [2.45, 2.75) is 25.2 Å². The highest BCUT2D eigenvalue weighted by Crippen LogP contribution is 2.49. The Morgan fingerprint density at radius 3 is 2.34 bits per heavy atom. The average Bonchev–Trinajstić information content (AvgIpc) is 3.60. The predicted molar refractivity (Wildman–Crippen MR) is 130 cm³/mol. The topological polar surface area (TPSA) is 52.6 Å². The molecule has 2 N–H and O–H groups in total. The molecule has 6 heteroatoms. The van der Waals surface area contributed by atoms with Crippen LogP contribution in [0.2, 0.25) is 10.0 Å². The van der Waals surface area contributed by atoms with Crippen molar-refractivity contribution in [3.8, 4) is 0 Å². The van der Waals surface area contributed by atoms with Crippen molar-refractivity contribution in [1.29, 1.82) is 0 Å². The monoisotopic (exact) mass is 468 g/mol. The summed E-state index contributed by atoms with van der Waals surface area (Å²) in [4.78, 5) is 14.7. The van der Waals surface area contributed by atoms with Crippen LogP contribution < -0.4 is 10.4 Å². The van der Waals surface area contributed by atoms with Gasteiger partial charge in [-0.25, -0.2) is 5.48 Å². The molecule has 1 fully saturated rings. The van der Waals surface area contributed by atoms with Gasteiger partial charge in [-0.1, -0.05) is 71.7 Å². The molecule has 3 aromatic carbocycles. The van der Waals surface area contributed by atoms with E-state index in [1.165, 1.54) is 5.56 Å². The van der Waals surface area contributed by atoms with Crippen LogP contribution in [0.1, 0.15) is 41.9 Å². The third kappa shape index (κ3) is 4.93. The molecule has 4 rings (SSSR count). The number of hydroxylamine groups is 1. The first-order chi connectivity index (χ1) is 15.5. The van der Waals surface area contributed by atoms with Crippen LogP contribution in [0.25, 0.3) is 0 Å². The summed E-state index contributed by atoms with van der Waals surface area (Å²) in [5, 5.41) is 10.4. The van der Waals surface area contributed by atoms with Crippen LogP contribution in [-0.4, -0.2) is 24.2 Å². The molecule has 0 heterocycles. The summed E-state index contributed by atoms with van der Waals surface area (Å²) in [5.41, 5.74) is 5.84. The lowest BCUT2D eigenvalue weighted by Crippen LogP contribution is -2.27. The largest absolute Gasteiger partial charge is 0.372 e. The Balaban J connectivity index is 1.47. The Morgan fingerprint density at radius 2 is 1.72 bits per heavy atom. The summed E-state index contributed by atoms with van der Waals surface area (Å²) in [6.07, 6.45) is 1.14. The van der Waals surface area contributed by atoms with Crippen LogP contribution in [0.15, 0.2) is 72.8 Å². The SMILES string of the molecule is CCN(C[C@@H]1C[C@H]1c1ccc(Cl)c(Cl)c1)c1ccc(C(C(=O)NO)c2ccccc2)cc1. The van der Waals surface area contributed by atoms with Gasteiger partial charge in [0.1, 0.15) is 0 Å². The third-order valence-corrected chi connectivity index (χ3v) is 6.97. The molecular weight excluding hydrogens is 443 g/mol. The van der Waals surface area contributed by atoms with Gasteiger partial charge in [0.05, 0.1) is 16.0 Å². The Labute approximate surface area is 198 Å². The van der Waals surface area contributed by atoms with Gasteiger partial charge in [0.2, 0.25) is 0 Å². The van der Waals surface area contributed by atoms with Crippen LogP contribution in [0.4, 0.5) is 5.69 Å². The Morgan fingerprint density at radius 1 is 1.03 bits per heavy atom. The average molecular weight is 469 g/mol. The number of hydrogen-bond acceptors (Lipinski definition) is 3. The van der Waals surface area contributed by atoms with E-state index in [4.69, 9.17) is 23.2 Å².